The Kier molecular flexibility index (Phi) is 8.78. The van der Waals surface area contributed by atoms with Crippen LogP contribution >= 0.6 is 0 Å². The van der Waals surface area contributed by atoms with Gasteiger partial charge in [0.25, 0.3) is 11.6 Å². The van der Waals surface area contributed by atoms with Gasteiger partial charge in [-0.15, -0.1) is 0 Å². The molecular weight excluding hydrogens is 446 g/mol. The van der Waals surface area contributed by atoms with Gasteiger partial charge in [-0.25, -0.2) is 0 Å². The first-order valence-corrected chi connectivity index (χ1v) is 11.6. The van der Waals surface area contributed by atoms with E-state index in [1.165, 1.54) is 11.0 Å². The molecule has 0 spiro atoms. The Bertz CT molecular complexity index is 1140. The van der Waals surface area contributed by atoms with Crippen LogP contribution in [-0.2, 0) is 17.8 Å². The Labute approximate surface area is 205 Å². The molecule has 184 valence electrons. The van der Waals surface area contributed by atoms with E-state index in [2.05, 4.69) is 0 Å². The Morgan fingerprint density at radius 1 is 1.03 bits per heavy atom. The van der Waals surface area contributed by atoms with E-state index in [9.17, 15) is 19.7 Å². The predicted octanol–water partition coefficient (Wildman–Crippen LogP) is 4.87. The van der Waals surface area contributed by atoms with Crippen molar-refractivity contribution in [1.82, 2.24) is 9.80 Å². The summed E-state index contributed by atoms with van der Waals surface area (Å²) >= 11 is 0. The Morgan fingerprint density at radius 2 is 1.77 bits per heavy atom. The summed E-state index contributed by atoms with van der Waals surface area (Å²) in [6.07, 6.45) is 2.23. The van der Waals surface area contributed by atoms with Crippen molar-refractivity contribution in [3.8, 4) is 0 Å². The van der Waals surface area contributed by atoms with Crippen molar-refractivity contribution < 1.29 is 18.9 Å². The number of carbonyl (C=O) groups is 2. The molecule has 0 fully saturated rings. The SMILES string of the molecule is Cc1ccc(C(=O)N(CC(=O)N(CCc2ccccc2)Cc2ccco2)CC(C)C)cc1[N+](=O)[O-]. The molecule has 0 aliphatic carbocycles. The minimum absolute atomic E-state index is 0.107. The quantitative estimate of drug-likeness (QED) is 0.290. The van der Waals surface area contributed by atoms with Crippen molar-refractivity contribution in [3.05, 3.63) is 99.5 Å². The number of benzene rings is 2. The zero-order chi connectivity index (χ0) is 25.4. The second-order valence-electron chi connectivity index (χ2n) is 8.97. The third kappa shape index (κ3) is 7.27. The van der Waals surface area contributed by atoms with Gasteiger partial charge in [0, 0.05) is 30.3 Å². The largest absolute Gasteiger partial charge is 0.467 e. The predicted molar refractivity (Wildman–Crippen MR) is 133 cm³/mol. The monoisotopic (exact) mass is 477 g/mol. The molecule has 8 nitrogen and oxygen atoms in total. The molecule has 1 aromatic heterocycles. The van der Waals surface area contributed by atoms with E-state index < -0.39 is 10.8 Å². The van der Waals surface area contributed by atoms with Crippen LogP contribution in [0.5, 0.6) is 0 Å². The van der Waals surface area contributed by atoms with Crippen LogP contribution in [0.3, 0.4) is 0 Å². The average molecular weight is 478 g/mol. The van der Waals surface area contributed by atoms with Gasteiger partial charge in [0.1, 0.15) is 12.3 Å². The summed E-state index contributed by atoms with van der Waals surface area (Å²) in [6, 6.07) is 17.9. The fourth-order valence-electron chi connectivity index (χ4n) is 3.84. The van der Waals surface area contributed by atoms with Gasteiger partial charge in [0.05, 0.1) is 17.7 Å². The highest BCUT2D eigenvalue weighted by molar-refractivity contribution is 5.97. The maximum absolute atomic E-state index is 13.4. The van der Waals surface area contributed by atoms with E-state index in [1.807, 2.05) is 50.2 Å². The maximum atomic E-state index is 13.4. The summed E-state index contributed by atoms with van der Waals surface area (Å²) in [5, 5.41) is 11.4. The van der Waals surface area contributed by atoms with Gasteiger partial charge in [0.15, 0.2) is 0 Å². The molecule has 0 saturated heterocycles. The van der Waals surface area contributed by atoms with Crippen molar-refractivity contribution in [2.45, 2.75) is 33.7 Å². The smallest absolute Gasteiger partial charge is 0.273 e. The van der Waals surface area contributed by atoms with Crippen LogP contribution in [0.2, 0.25) is 0 Å². The van der Waals surface area contributed by atoms with E-state index in [1.54, 1.807) is 36.3 Å². The zero-order valence-corrected chi connectivity index (χ0v) is 20.3. The lowest BCUT2D eigenvalue weighted by molar-refractivity contribution is -0.385. The molecule has 3 aromatic rings. The summed E-state index contributed by atoms with van der Waals surface area (Å²) in [5.41, 5.74) is 1.65. The molecule has 0 N–H and O–H groups in total. The number of carbonyl (C=O) groups excluding carboxylic acids is 2. The summed E-state index contributed by atoms with van der Waals surface area (Å²) in [5.74, 6) is 0.140. The molecule has 0 atom stereocenters. The molecule has 0 saturated carbocycles. The highest BCUT2D eigenvalue weighted by atomic mass is 16.6. The zero-order valence-electron chi connectivity index (χ0n) is 20.3. The van der Waals surface area contributed by atoms with E-state index in [-0.39, 0.29) is 29.6 Å². The molecule has 35 heavy (non-hydrogen) atoms. The number of nitro groups is 1. The van der Waals surface area contributed by atoms with Crippen LogP contribution in [-0.4, -0.2) is 46.2 Å². The van der Waals surface area contributed by atoms with Crippen molar-refractivity contribution >= 4 is 17.5 Å². The number of nitrogens with zero attached hydrogens (tertiary/aromatic N) is 3. The van der Waals surface area contributed by atoms with Crippen LogP contribution in [0.1, 0.15) is 41.1 Å². The first-order valence-electron chi connectivity index (χ1n) is 11.6. The Morgan fingerprint density at radius 3 is 2.40 bits per heavy atom. The number of hydrogen-bond donors (Lipinski definition) is 0. The number of furan rings is 1. The maximum Gasteiger partial charge on any atom is 0.273 e. The summed E-state index contributed by atoms with van der Waals surface area (Å²) in [6.45, 7) is 6.51. The Balaban J connectivity index is 1.80. The second-order valence-corrected chi connectivity index (χ2v) is 8.97. The first kappa shape index (κ1) is 25.7. The topological polar surface area (TPSA) is 96.9 Å². The lowest BCUT2D eigenvalue weighted by Gasteiger charge is -2.28. The van der Waals surface area contributed by atoms with Crippen molar-refractivity contribution in [2.75, 3.05) is 19.6 Å². The standard InChI is InChI=1S/C27H31N3O5/c1-20(2)17-29(27(32)23-12-11-21(3)25(16-23)30(33)34)19-26(31)28(18-24-10-7-15-35-24)14-13-22-8-5-4-6-9-22/h4-12,15-16,20H,13-14,17-19H2,1-3H3. The number of aryl methyl sites for hydroxylation is 1. The lowest BCUT2D eigenvalue weighted by Crippen LogP contribution is -2.44. The molecule has 2 amide bonds. The van der Waals surface area contributed by atoms with Gasteiger partial charge >= 0.3 is 0 Å². The Hall–Kier alpha value is -3.94. The van der Waals surface area contributed by atoms with Gasteiger partial charge < -0.3 is 14.2 Å². The molecule has 8 heteroatoms. The third-order valence-corrected chi connectivity index (χ3v) is 5.64. The minimum Gasteiger partial charge on any atom is -0.467 e. The van der Waals surface area contributed by atoms with Gasteiger partial charge in [-0.2, -0.15) is 0 Å². The third-order valence-electron chi connectivity index (χ3n) is 5.64. The fraction of sp³-hybridized carbons (Fsp3) is 0.333. The fourth-order valence-corrected chi connectivity index (χ4v) is 3.84. The molecule has 0 aliphatic rings. The van der Waals surface area contributed by atoms with E-state index in [0.717, 1.165) is 5.56 Å². The molecule has 0 bridgehead atoms. The molecule has 3 rings (SSSR count). The second kappa shape index (κ2) is 12.0. The average Bonchev–Trinajstić information content (AvgIpc) is 3.34. The molecule has 2 aromatic carbocycles. The summed E-state index contributed by atoms with van der Waals surface area (Å²) in [4.78, 5) is 40.8. The number of nitro benzene ring substituents is 1. The summed E-state index contributed by atoms with van der Waals surface area (Å²) in [7, 11) is 0. The van der Waals surface area contributed by atoms with Gasteiger partial charge in [-0.3, -0.25) is 19.7 Å². The molecule has 1 heterocycles. The molecule has 0 aliphatic heterocycles. The van der Waals surface area contributed by atoms with Crippen LogP contribution in [0.25, 0.3) is 0 Å². The lowest BCUT2D eigenvalue weighted by atomic mass is 10.1. The highest BCUT2D eigenvalue weighted by Crippen LogP contribution is 2.21. The minimum atomic E-state index is -0.501. The molecular formula is C27H31N3O5. The van der Waals surface area contributed by atoms with Crippen LogP contribution in [0.15, 0.2) is 71.3 Å². The summed E-state index contributed by atoms with van der Waals surface area (Å²) < 4.78 is 5.46. The van der Waals surface area contributed by atoms with Crippen LogP contribution < -0.4 is 0 Å². The number of hydrogen-bond acceptors (Lipinski definition) is 5. The molecule has 0 unspecified atom stereocenters. The molecule has 0 radical (unpaired) electrons. The van der Waals surface area contributed by atoms with Crippen LogP contribution in [0.4, 0.5) is 5.69 Å². The van der Waals surface area contributed by atoms with Crippen molar-refractivity contribution in [3.63, 3.8) is 0 Å². The number of amides is 2. The van der Waals surface area contributed by atoms with Crippen molar-refractivity contribution in [2.24, 2.45) is 5.92 Å². The first-order chi connectivity index (χ1) is 16.7. The van der Waals surface area contributed by atoms with Gasteiger partial charge in [-0.05, 0) is 43.0 Å². The van der Waals surface area contributed by atoms with E-state index in [4.69, 9.17) is 4.42 Å². The van der Waals surface area contributed by atoms with E-state index in [0.29, 0.717) is 37.4 Å². The van der Waals surface area contributed by atoms with E-state index >= 15 is 0 Å². The van der Waals surface area contributed by atoms with Crippen LogP contribution in [0, 0.1) is 23.0 Å². The number of rotatable bonds is 11. The van der Waals surface area contributed by atoms with Crippen molar-refractivity contribution in [1.29, 1.82) is 0 Å². The van der Waals surface area contributed by atoms with Gasteiger partial charge in [0.2, 0.25) is 5.91 Å². The normalized spacial score (nSPS) is 10.9. The highest BCUT2D eigenvalue weighted by Gasteiger charge is 2.25. The van der Waals surface area contributed by atoms with Gasteiger partial charge in [-0.1, -0.05) is 50.2 Å².